The van der Waals surface area contributed by atoms with Crippen LogP contribution in [0.3, 0.4) is 0 Å². The van der Waals surface area contributed by atoms with E-state index in [-0.39, 0.29) is 23.3 Å². The number of halogens is 4. The fraction of sp³-hybridized carbons (Fsp3) is 0.346. The maximum atomic E-state index is 13.6. The van der Waals surface area contributed by atoms with Crippen molar-refractivity contribution in [3.05, 3.63) is 76.7 Å². The zero-order chi connectivity index (χ0) is 24.8. The summed E-state index contributed by atoms with van der Waals surface area (Å²) in [7, 11) is 0. The third kappa shape index (κ3) is 4.67. The number of carbonyl (C=O) groups is 2. The minimum absolute atomic E-state index is 0.0126. The average molecular weight is 472 g/mol. The number of anilines is 1. The van der Waals surface area contributed by atoms with Crippen LogP contribution in [0.1, 0.15) is 50.7 Å². The Morgan fingerprint density at radius 2 is 1.76 bits per heavy atom. The van der Waals surface area contributed by atoms with Gasteiger partial charge in [-0.15, -0.1) is 0 Å². The third-order valence-corrected chi connectivity index (χ3v) is 6.27. The van der Waals surface area contributed by atoms with Gasteiger partial charge in [0.05, 0.1) is 11.5 Å². The predicted octanol–water partition coefficient (Wildman–Crippen LogP) is 6.30. The van der Waals surface area contributed by atoms with Gasteiger partial charge in [-0.05, 0) is 54.7 Å². The summed E-state index contributed by atoms with van der Waals surface area (Å²) in [4.78, 5) is 31.2. The molecule has 2 aromatic carbocycles. The maximum Gasteiger partial charge on any atom is 0.416 e. The Bertz CT molecular complexity index is 1210. The van der Waals surface area contributed by atoms with Crippen molar-refractivity contribution >= 4 is 23.1 Å². The van der Waals surface area contributed by atoms with Gasteiger partial charge >= 0.3 is 6.18 Å². The molecule has 0 fully saturated rings. The number of carbonyl (C=O) groups excluding carboxylic acids is 2. The van der Waals surface area contributed by atoms with Crippen LogP contribution < -0.4 is 5.32 Å². The molecule has 0 radical (unpaired) electrons. The number of rotatable bonds is 3. The zero-order valence-corrected chi connectivity index (χ0v) is 19.0. The van der Waals surface area contributed by atoms with Gasteiger partial charge in [0.2, 0.25) is 5.91 Å². The number of ketones is 1. The molecule has 8 heteroatoms. The maximum absolute atomic E-state index is 13.6. The topological polar surface area (TPSA) is 58.5 Å². The number of nitrogens with one attached hydrogen (secondary N) is 1. The minimum Gasteiger partial charge on any atom is -0.325 e. The molecule has 1 aliphatic carbocycles. The van der Waals surface area contributed by atoms with E-state index in [4.69, 9.17) is 0 Å². The van der Waals surface area contributed by atoms with E-state index in [9.17, 15) is 27.2 Å². The Balaban J connectivity index is 1.76. The van der Waals surface area contributed by atoms with Crippen LogP contribution in [0.4, 0.5) is 23.2 Å². The average Bonchev–Trinajstić information content (AvgIpc) is 2.72. The van der Waals surface area contributed by atoms with Gasteiger partial charge in [0.25, 0.3) is 0 Å². The fourth-order valence-electron chi connectivity index (χ4n) is 4.81. The first-order chi connectivity index (χ1) is 15.9. The van der Waals surface area contributed by atoms with Gasteiger partial charge in [-0.2, -0.15) is 13.2 Å². The molecule has 0 saturated heterocycles. The largest absolute Gasteiger partial charge is 0.416 e. The summed E-state index contributed by atoms with van der Waals surface area (Å²) in [5.74, 6) is -2.83. The zero-order valence-electron chi connectivity index (χ0n) is 19.0. The smallest absolute Gasteiger partial charge is 0.325 e. The SMILES string of the molecule is CC1=NC2=C(C(=O)CC(C)(C)C2)[C@@H](c2ccc(F)cc2)C1C(=O)Nc1cccc(C(F)(F)F)c1. The molecule has 2 atom stereocenters. The lowest BCUT2D eigenvalue weighted by molar-refractivity contribution is -0.137. The molecule has 178 valence electrons. The summed E-state index contributed by atoms with van der Waals surface area (Å²) < 4.78 is 53.0. The molecule has 0 spiro atoms. The van der Waals surface area contributed by atoms with Crippen LogP contribution in [0.2, 0.25) is 0 Å². The second-order valence-corrected chi connectivity index (χ2v) is 9.63. The first kappa shape index (κ1) is 23.9. The molecule has 1 N–H and O–H groups in total. The van der Waals surface area contributed by atoms with Crippen molar-refractivity contribution in [1.29, 1.82) is 0 Å². The van der Waals surface area contributed by atoms with Gasteiger partial charge in [0.15, 0.2) is 5.78 Å². The molecule has 1 unspecified atom stereocenters. The molecule has 4 nitrogen and oxygen atoms in total. The fourth-order valence-corrected chi connectivity index (χ4v) is 4.81. The van der Waals surface area contributed by atoms with E-state index in [1.165, 1.54) is 36.4 Å². The number of hydrogen-bond acceptors (Lipinski definition) is 3. The number of amides is 1. The Morgan fingerprint density at radius 1 is 1.09 bits per heavy atom. The molecule has 4 rings (SSSR count). The Morgan fingerprint density at radius 3 is 2.41 bits per heavy atom. The van der Waals surface area contributed by atoms with Gasteiger partial charge in [0.1, 0.15) is 5.82 Å². The molecule has 1 heterocycles. The summed E-state index contributed by atoms with van der Waals surface area (Å²) in [6.07, 6.45) is -3.73. The number of allylic oxidation sites excluding steroid dienone is 2. The number of Topliss-reactive ketones (excluding diaryl/α,β-unsaturated/α-hetero) is 1. The van der Waals surface area contributed by atoms with E-state index in [1.807, 2.05) is 13.8 Å². The molecule has 1 aliphatic heterocycles. The lowest BCUT2D eigenvalue weighted by Crippen LogP contribution is -2.41. The van der Waals surface area contributed by atoms with E-state index >= 15 is 0 Å². The summed E-state index contributed by atoms with van der Waals surface area (Å²) >= 11 is 0. The number of benzene rings is 2. The lowest BCUT2D eigenvalue weighted by atomic mass is 9.66. The molecule has 2 aromatic rings. The Kier molecular flexibility index (Phi) is 5.96. The van der Waals surface area contributed by atoms with Crippen molar-refractivity contribution in [3.8, 4) is 0 Å². The van der Waals surface area contributed by atoms with E-state index < -0.39 is 35.3 Å². The molecule has 0 bridgehead atoms. The van der Waals surface area contributed by atoms with Crippen LogP contribution in [0.5, 0.6) is 0 Å². The molecule has 2 aliphatic rings. The molecular formula is C26H24F4N2O2. The number of nitrogens with zero attached hydrogens (tertiary/aromatic N) is 1. The van der Waals surface area contributed by atoms with E-state index in [0.717, 1.165) is 12.1 Å². The molecule has 1 amide bonds. The molecule has 0 saturated carbocycles. The number of alkyl halides is 3. The first-order valence-corrected chi connectivity index (χ1v) is 10.9. The molecular weight excluding hydrogens is 448 g/mol. The van der Waals surface area contributed by atoms with Crippen molar-refractivity contribution in [3.63, 3.8) is 0 Å². The van der Waals surface area contributed by atoms with E-state index in [2.05, 4.69) is 10.3 Å². The van der Waals surface area contributed by atoms with Crippen LogP contribution >= 0.6 is 0 Å². The predicted molar refractivity (Wildman–Crippen MR) is 121 cm³/mol. The number of aliphatic imine (C=N–C) groups is 1. The van der Waals surface area contributed by atoms with Crippen molar-refractivity contribution < 1.29 is 27.2 Å². The van der Waals surface area contributed by atoms with E-state index in [1.54, 1.807) is 6.92 Å². The van der Waals surface area contributed by atoms with Crippen LogP contribution in [0, 0.1) is 17.2 Å². The Hall–Kier alpha value is -3.29. The second kappa shape index (κ2) is 8.49. The lowest BCUT2D eigenvalue weighted by Gasteiger charge is -2.39. The summed E-state index contributed by atoms with van der Waals surface area (Å²) in [6.45, 7) is 5.61. The second-order valence-electron chi connectivity index (χ2n) is 9.63. The quantitative estimate of drug-likeness (QED) is 0.533. The highest BCUT2D eigenvalue weighted by Crippen LogP contribution is 2.48. The standard InChI is InChI=1S/C26H24F4N2O2/c1-14-21(24(34)32-18-6-4-5-16(11-18)26(28,29)30)22(15-7-9-17(27)10-8-15)23-19(31-14)12-25(2,3)13-20(23)33/h4-11,21-22H,12-13H2,1-3H3,(H,32,34)/t21?,22-/m0/s1. The monoisotopic (exact) mass is 472 g/mol. The minimum atomic E-state index is -4.55. The molecule has 0 aromatic heterocycles. The molecule has 34 heavy (non-hydrogen) atoms. The van der Waals surface area contributed by atoms with Crippen LogP contribution in [-0.4, -0.2) is 17.4 Å². The van der Waals surface area contributed by atoms with Gasteiger partial charge in [-0.1, -0.05) is 32.0 Å². The number of hydrogen-bond donors (Lipinski definition) is 1. The highest BCUT2D eigenvalue weighted by Gasteiger charge is 2.45. The van der Waals surface area contributed by atoms with E-state index in [0.29, 0.717) is 29.0 Å². The van der Waals surface area contributed by atoms with Crippen LogP contribution in [0.15, 0.2) is 64.8 Å². The van der Waals surface area contributed by atoms with Crippen molar-refractivity contribution in [2.24, 2.45) is 16.3 Å². The van der Waals surface area contributed by atoms with Gasteiger partial charge in [-0.25, -0.2) is 4.39 Å². The van der Waals surface area contributed by atoms with Gasteiger partial charge in [0, 0.05) is 35.0 Å². The van der Waals surface area contributed by atoms with Crippen LogP contribution in [-0.2, 0) is 15.8 Å². The van der Waals surface area contributed by atoms with Crippen molar-refractivity contribution in [2.75, 3.05) is 5.32 Å². The highest BCUT2D eigenvalue weighted by molar-refractivity contribution is 6.13. The van der Waals surface area contributed by atoms with Gasteiger partial charge < -0.3 is 5.32 Å². The van der Waals surface area contributed by atoms with Crippen molar-refractivity contribution in [2.45, 2.75) is 45.7 Å². The van der Waals surface area contributed by atoms with Crippen LogP contribution in [0.25, 0.3) is 0 Å². The van der Waals surface area contributed by atoms with Crippen molar-refractivity contribution in [1.82, 2.24) is 0 Å². The first-order valence-electron chi connectivity index (χ1n) is 10.9. The Labute approximate surface area is 194 Å². The third-order valence-electron chi connectivity index (χ3n) is 6.27. The summed E-state index contributed by atoms with van der Waals surface area (Å²) in [5.41, 5.74) is 0.853. The summed E-state index contributed by atoms with van der Waals surface area (Å²) in [5, 5.41) is 2.56. The highest BCUT2D eigenvalue weighted by atomic mass is 19.4. The van der Waals surface area contributed by atoms with Gasteiger partial charge in [-0.3, -0.25) is 14.6 Å². The summed E-state index contributed by atoms with van der Waals surface area (Å²) in [6, 6.07) is 9.94. The normalized spacial score (nSPS) is 22.2.